The first-order valence-corrected chi connectivity index (χ1v) is 3.89. The molecule has 1 nitrogen and oxygen atoms in total. The van der Waals surface area contributed by atoms with Crippen LogP contribution in [0.3, 0.4) is 0 Å². The van der Waals surface area contributed by atoms with Crippen LogP contribution in [0.2, 0.25) is 0 Å². The summed E-state index contributed by atoms with van der Waals surface area (Å²) in [5.74, 6) is 0. The number of benzene rings is 1. The molecule has 0 saturated carbocycles. The summed E-state index contributed by atoms with van der Waals surface area (Å²) in [4.78, 5) is 0. The van der Waals surface area contributed by atoms with Gasteiger partial charge >= 0.3 is 0 Å². The van der Waals surface area contributed by atoms with Gasteiger partial charge in [-0.1, -0.05) is 18.2 Å². The molecule has 1 unspecified atom stereocenters. The summed E-state index contributed by atoms with van der Waals surface area (Å²) in [6.07, 6.45) is -2.69. The van der Waals surface area contributed by atoms with Gasteiger partial charge in [-0.3, -0.25) is 0 Å². The van der Waals surface area contributed by atoms with Gasteiger partial charge in [0.2, 0.25) is 0 Å². The van der Waals surface area contributed by atoms with Crippen LogP contribution < -0.4 is 5.32 Å². The zero-order valence-corrected chi connectivity index (χ0v) is 6.88. The Morgan fingerprint density at radius 3 is 2.23 bits per heavy atom. The van der Waals surface area contributed by atoms with E-state index in [1.807, 2.05) is 0 Å². The van der Waals surface area contributed by atoms with E-state index in [0.29, 0.717) is 5.69 Å². The number of hydrogen-bond donors (Lipinski definition) is 1. The Morgan fingerprint density at radius 1 is 1.15 bits per heavy atom. The highest BCUT2D eigenvalue weighted by Gasteiger charge is 2.19. The van der Waals surface area contributed by atoms with Crippen molar-refractivity contribution in [2.24, 2.45) is 0 Å². The van der Waals surface area contributed by atoms with E-state index >= 15 is 0 Å². The van der Waals surface area contributed by atoms with Crippen LogP contribution in [0.4, 0.5) is 18.9 Å². The lowest BCUT2D eigenvalue weighted by atomic mass is 10.2. The fraction of sp³-hybridized carbons (Fsp3) is 0.333. The molecule has 1 rings (SSSR count). The lowest BCUT2D eigenvalue weighted by Gasteiger charge is -2.15. The summed E-state index contributed by atoms with van der Waals surface area (Å²) in [5.41, 5.74) is 0.505. The SMILES string of the molecule is FCC(Nc1ccccc1)C(F)F. The molecule has 1 N–H and O–H groups in total. The second-order valence-electron chi connectivity index (χ2n) is 2.61. The van der Waals surface area contributed by atoms with Crippen LogP contribution in [-0.4, -0.2) is 19.1 Å². The molecular formula is C9H10F3N. The van der Waals surface area contributed by atoms with Crippen LogP contribution in [-0.2, 0) is 0 Å². The largest absolute Gasteiger partial charge is 0.375 e. The van der Waals surface area contributed by atoms with Crippen molar-refractivity contribution in [3.05, 3.63) is 30.3 Å². The average Bonchev–Trinajstić information content (AvgIpc) is 2.15. The standard InChI is InChI=1S/C9H10F3N/c10-6-8(9(11)12)13-7-4-2-1-3-5-7/h1-5,8-9,13H,6H2. The van der Waals surface area contributed by atoms with Gasteiger partial charge in [-0.05, 0) is 12.1 Å². The number of para-hydroxylation sites is 1. The van der Waals surface area contributed by atoms with E-state index < -0.39 is 19.1 Å². The molecule has 13 heavy (non-hydrogen) atoms. The highest BCUT2D eigenvalue weighted by molar-refractivity contribution is 5.43. The summed E-state index contributed by atoms with van der Waals surface area (Å²) in [6, 6.07) is 6.97. The second kappa shape index (κ2) is 4.74. The van der Waals surface area contributed by atoms with Gasteiger partial charge in [0.25, 0.3) is 6.43 Å². The number of hydrogen-bond acceptors (Lipinski definition) is 1. The topological polar surface area (TPSA) is 12.0 Å². The zero-order chi connectivity index (χ0) is 9.68. The maximum atomic E-state index is 12.1. The van der Waals surface area contributed by atoms with Gasteiger partial charge in [0.15, 0.2) is 0 Å². The molecular weight excluding hydrogens is 179 g/mol. The Hall–Kier alpha value is -1.19. The molecule has 4 heteroatoms. The van der Waals surface area contributed by atoms with Crippen molar-refractivity contribution >= 4 is 5.69 Å². The molecule has 0 spiro atoms. The number of alkyl halides is 3. The summed E-state index contributed by atoms with van der Waals surface area (Å²) < 4.78 is 36.2. The fourth-order valence-electron chi connectivity index (χ4n) is 0.917. The van der Waals surface area contributed by atoms with Crippen molar-refractivity contribution in [2.45, 2.75) is 12.5 Å². The highest BCUT2D eigenvalue weighted by atomic mass is 19.3. The Balaban J connectivity index is 2.57. The van der Waals surface area contributed by atoms with Gasteiger partial charge in [0, 0.05) is 5.69 Å². The molecule has 0 bridgehead atoms. The third kappa shape index (κ3) is 2.97. The fourth-order valence-corrected chi connectivity index (χ4v) is 0.917. The average molecular weight is 189 g/mol. The summed E-state index contributed by atoms with van der Waals surface area (Å²) in [7, 11) is 0. The molecule has 1 aromatic rings. The molecule has 0 aliphatic rings. The first-order chi connectivity index (χ1) is 6.24. The summed E-state index contributed by atoms with van der Waals surface area (Å²) >= 11 is 0. The van der Waals surface area contributed by atoms with Gasteiger partial charge in [-0.25, -0.2) is 13.2 Å². The zero-order valence-electron chi connectivity index (χ0n) is 6.88. The lowest BCUT2D eigenvalue weighted by Crippen LogP contribution is -2.29. The van der Waals surface area contributed by atoms with E-state index in [2.05, 4.69) is 5.32 Å². The molecule has 72 valence electrons. The predicted octanol–water partition coefficient (Wildman–Crippen LogP) is 2.70. The minimum Gasteiger partial charge on any atom is -0.375 e. The van der Waals surface area contributed by atoms with Crippen LogP contribution in [0.1, 0.15) is 0 Å². The maximum Gasteiger partial charge on any atom is 0.260 e. The second-order valence-corrected chi connectivity index (χ2v) is 2.61. The van der Waals surface area contributed by atoms with E-state index in [9.17, 15) is 13.2 Å². The van der Waals surface area contributed by atoms with Crippen LogP contribution in [0.5, 0.6) is 0 Å². The number of halogens is 3. The molecule has 1 atom stereocenters. The Bertz CT molecular complexity index is 238. The molecule has 0 amide bonds. The molecule has 0 aliphatic heterocycles. The summed E-state index contributed by atoms with van der Waals surface area (Å²) in [6.45, 7) is -1.08. The van der Waals surface area contributed by atoms with Crippen LogP contribution in [0.15, 0.2) is 30.3 Å². The van der Waals surface area contributed by atoms with Crippen LogP contribution >= 0.6 is 0 Å². The molecule has 0 radical (unpaired) electrons. The Morgan fingerprint density at radius 2 is 1.77 bits per heavy atom. The maximum absolute atomic E-state index is 12.1. The molecule has 0 saturated heterocycles. The first-order valence-electron chi connectivity index (χ1n) is 3.89. The Kier molecular flexibility index (Phi) is 3.61. The van der Waals surface area contributed by atoms with Gasteiger partial charge in [0.05, 0.1) is 0 Å². The van der Waals surface area contributed by atoms with Crippen LogP contribution in [0.25, 0.3) is 0 Å². The van der Waals surface area contributed by atoms with Gasteiger partial charge in [-0.2, -0.15) is 0 Å². The minimum atomic E-state index is -2.69. The summed E-state index contributed by atoms with van der Waals surface area (Å²) in [5, 5.41) is 2.40. The van der Waals surface area contributed by atoms with E-state index in [-0.39, 0.29) is 0 Å². The van der Waals surface area contributed by atoms with Crippen LogP contribution in [0, 0.1) is 0 Å². The van der Waals surface area contributed by atoms with Gasteiger partial charge < -0.3 is 5.32 Å². The van der Waals surface area contributed by atoms with Gasteiger partial charge in [0.1, 0.15) is 12.7 Å². The monoisotopic (exact) mass is 189 g/mol. The van der Waals surface area contributed by atoms with Crippen molar-refractivity contribution < 1.29 is 13.2 Å². The van der Waals surface area contributed by atoms with Crippen molar-refractivity contribution in [3.8, 4) is 0 Å². The van der Waals surface area contributed by atoms with Gasteiger partial charge in [-0.15, -0.1) is 0 Å². The molecule has 0 fully saturated rings. The molecule has 0 aliphatic carbocycles. The van der Waals surface area contributed by atoms with E-state index in [1.165, 1.54) is 0 Å². The van der Waals surface area contributed by atoms with Crippen molar-refractivity contribution in [1.82, 2.24) is 0 Å². The normalized spacial score (nSPS) is 12.9. The third-order valence-corrected chi connectivity index (χ3v) is 1.60. The quantitative estimate of drug-likeness (QED) is 0.767. The number of nitrogens with one attached hydrogen (secondary N) is 1. The van der Waals surface area contributed by atoms with E-state index in [1.54, 1.807) is 30.3 Å². The van der Waals surface area contributed by atoms with E-state index in [0.717, 1.165) is 0 Å². The minimum absolute atomic E-state index is 0.505. The van der Waals surface area contributed by atoms with Crippen molar-refractivity contribution in [3.63, 3.8) is 0 Å². The lowest BCUT2D eigenvalue weighted by molar-refractivity contribution is 0.112. The predicted molar refractivity (Wildman–Crippen MR) is 45.8 cm³/mol. The molecule has 0 heterocycles. The first kappa shape index (κ1) is 9.89. The molecule has 1 aromatic carbocycles. The Labute approximate surface area is 74.6 Å². The van der Waals surface area contributed by atoms with Crippen molar-refractivity contribution in [2.75, 3.05) is 12.0 Å². The number of anilines is 1. The smallest absolute Gasteiger partial charge is 0.260 e. The van der Waals surface area contributed by atoms with E-state index in [4.69, 9.17) is 0 Å². The number of rotatable bonds is 4. The third-order valence-electron chi connectivity index (χ3n) is 1.60. The van der Waals surface area contributed by atoms with Crippen molar-refractivity contribution in [1.29, 1.82) is 0 Å². The molecule has 0 aromatic heterocycles. The highest BCUT2D eigenvalue weighted by Crippen LogP contribution is 2.11.